The van der Waals surface area contributed by atoms with Crippen LogP contribution in [0.2, 0.25) is 0 Å². The fourth-order valence-corrected chi connectivity index (χ4v) is 3.62. The average Bonchev–Trinajstić information content (AvgIpc) is 3.08. The number of hydrogen-bond acceptors (Lipinski definition) is 2. The van der Waals surface area contributed by atoms with Gasteiger partial charge in [0.15, 0.2) is 0 Å². The molecule has 3 aromatic carbocycles. The van der Waals surface area contributed by atoms with Gasteiger partial charge in [-0.2, -0.15) is 0 Å². The summed E-state index contributed by atoms with van der Waals surface area (Å²) in [5.74, 6) is -0.973. The summed E-state index contributed by atoms with van der Waals surface area (Å²) in [4.78, 5) is 28.7. The van der Waals surface area contributed by atoms with Gasteiger partial charge in [0.1, 0.15) is 5.82 Å². The fourth-order valence-electron chi connectivity index (χ4n) is 3.62. The van der Waals surface area contributed by atoms with Crippen molar-refractivity contribution in [2.75, 3.05) is 23.4 Å². The van der Waals surface area contributed by atoms with Gasteiger partial charge in [0.25, 0.3) is 0 Å². The molecule has 0 spiro atoms. The van der Waals surface area contributed by atoms with Crippen LogP contribution in [0.4, 0.5) is 15.8 Å². The summed E-state index contributed by atoms with van der Waals surface area (Å²) in [5, 5.41) is 2.05. The van der Waals surface area contributed by atoms with Gasteiger partial charge < -0.3 is 9.80 Å². The Hall–Kier alpha value is -3.21. The smallest absolute Gasteiger partial charge is 0.232 e. The Morgan fingerprint density at radius 3 is 2.52 bits per heavy atom. The van der Waals surface area contributed by atoms with E-state index in [0.717, 1.165) is 16.5 Å². The van der Waals surface area contributed by atoms with Crippen LogP contribution in [0, 0.1) is 11.7 Å². The van der Waals surface area contributed by atoms with E-state index in [9.17, 15) is 14.0 Å². The van der Waals surface area contributed by atoms with Crippen LogP contribution < -0.4 is 9.80 Å². The SMILES string of the molecule is CN(C(=O)[C@H]1CC(=O)N(c2cccc3ccccc23)C1)c1ccc(F)cc1. The number of anilines is 2. The van der Waals surface area contributed by atoms with Crippen LogP contribution in [0.25, 0.3) is 10.8 Å². The zero-order valence-electron chi connectivity index (χ0n) is 14.9. The average molecular weight is 362 g/mol. The minimum absolute atomic E-state index is 0.0581. The van der Waals surface area contributed by atoms with E-state index >= 15 is 0 Å². The number of nitrogens with zero attached hydrogens (tertiary/aromatic N) is 2. The molecule has 1 saturated heterocycles. The molecular formula is C22H19FN2O2. The number of benzene rings is 3. The summed E-state index contributed by atoms with van der Waals surface area (Å²) in [5.41, 5.74) is 1.44. The van der Waals surface area contributed by atoms with E-state index in [1.807, 2.05) is 42.5 Å². The van der Waals surface area contributed by atoms with Gasteiger partial charge in [-0.1, -0.05) is 36.4 Å². The molecule has 1 atom stereocenters. The third-order valence-corrected chi connectivity index (χ3v) is 5.08. The molecule has 0 N–H and O–H groups in total. The molecule has 1 aliphatic heterocycles. The molecule has 0 radical (unpaired) electrons. The molecule has 3 aromatic rings. The first-order valence-electron chi connectivity index (χ1n) is 8.86. The summed E-state index contributed by atoms with van der Waals surface area (Å²) in [6.45, 7) is 0.344. The first kappa shape index (κ1) is 17.2. The van der Waals surface area contributed by atoms with Crippen molar-refractivity contribution in [3.05, 3.63) is 72.5 Å². The molecule has 0 saturated carbocycles. The number of carbonyl (C=O) groups excluding carboxylic acids is 2. The molecule has 2 amide bonds. The number of carbonyl (C=O) groups is 2. The third-order valence-electron chi connectivity index (χ3n) is 5.08. The highest BCUT2D eigenvalue weighted by Crippen LogP contribution is 2.32. The lowest BCUT2D eigenvalue weighted by Gasteiger charge is -2.22. The Kier molecular flexibility index (Phi) is 4.36. The van der Waals surface area contributed by atoms with E-state index in [1.54, 1.807) is 24.1 Å². The van der Waals surface area contributed by atoms with Gasteiger partial charge in [0, 0.05) is 31.1 Å². The molecule has 136 valence electrons. The van der Waals surface area contributed by atoms with Gasteiger partial charge in [-0.25, -0.2) is 4.39 Å². The molecule has 1 fully saturated rings. The van der Waals surface area contributed by atoms with Crippen LogP contribution in [0.15, 0.2) is 66.7 Å². The van der Waals surface area contributed by atoms with E-state index in [2.05, 4.69) is 0 Å². The lowest BCUT2D eigenvalue weighted by Crippen LogP contribution is -2.34. The fraction of sp³-hybridized carbons (Fsp3) is 0.182. The summed E-state index contributed by atoms with van der Waals surface area (Å²) >= 11 is 0. The molecule has 1 heterocycles. The van der Waals surface area contributed by atoms with E-state index in [4.69, 9.17) is 0 Å². The van der Waals surface area contributed by atoms with Gasteiger partial charge in [-0.3, -0.25) is 9.59 Å². The first-order valence-corrected chi connectivity index (χ1v) is 8.86. The Bertz CT molecular complexity index is 1010. The van der Waals surface area contributed by atoms with Crippen molar-refractivity contribution in [3.8, 4) is 0 Å². The minimum atomic E-state index is -0.425. The van der Waals surface area contributed by atoms with Crippen molar-refractivity contribution in [2.45, 2.75) is 6.42 Å². The van der Waals surface area contributed by atoms with Crippen LogP contribution in [-0.2, 0) is 9.59 Å². The van der Waals surface area contributed by atoms with Gasteiger partial charge in [-0.15, -0.1) is 0 Å². The summed E-state index contributed by atoms with van der Waals surface area (Å²) in [6.07, 6.45) is 0.174. The minimum Gasteiger partial charge on any atom is -0.315 e. The van der Waals surface area contributed by atoms with Crippen molar-refractivity contribution in [1.29, 1.82) is 0 Å². The van der Waals surface area contributed by atoms with Gasteiger partial charge >= 0.3 is 0 Å². The lowest BCUT2D eigenvalue weighted by molar-refractivity contribution is -0.124. The molecule has 4 nitrogen and oxygen atoms in total. The van der Waals surface area contributed by atoms with Crippen LogP contribution >= 0.6 is 0 Å². The number of hydrogen-bond donors (Lipinski definition) is 0. The van der Waals surface area contributed by atoms with Crippen molar-refractivity contribution in [3.63, 3.8) is 0 Å². The van der Waals surface area contributed by atoms with Crippen LogP contribution in [-0.4, -0.2) is 25.4 Å². The molecule has 27 heavy (non-hydrogen) atoms. The predicted octanol–water partition coefficient (Wildman–Crippen LogP) is 3.99. The molecule has 5 heteroatoms. The van der Waals surface area contributed by atoms with Crippen LogP contribution in [0.3, 0.4) is 0 Å². The van der Waals surface area contributed by atoms with Gasteiger partial charge in [0.2, 0.25) is 11.8 Å². The molecule has 0 aliphatic carbocycles. The molecule has 0 aromatic heterocycles. The Morgan fingerprint density at radius 1 is 1.04 bits per heavy atom. The molecule has 0 unspecified atom stereocenters. The second-order valence-corrected chi connectivity index (χ2v) is 6.78. The van der Waals surface area contributed by atoms with Crippen molar-refractivity contribution in [2.24, 2.45) is 5.92 Å². The third kappa shape index (κ3) is 3.16. The highest BCUT2D eigenvalue weighted by atomic mass is 19.1. The quantitative estimate of drug-likeness (QED) is 0.707. The summed E-state index contributed by atoms with van der Waals surface area (Å²) in [6, 6.07) is 19.5. The lowest BCUT2D eigenvalue weighted by atomic mass is 10.1. The van der Waals surface area contributed by atoms with Gasteiger partial charge in [0.05, 0.1) is 11.6 Å². The number of halogens is 1. The maximum absolute atomic E-state index is 13.1. The Balaban J connectivity index is 1.58. The normalized spacial score (nSPS) is 16.7. The van der Waals surface area contributed by atoms with E-state index in [0.29, 0.717) is 12.2 Å². The largest absolute Gasteiger partial charge is 0.315 e. The van der Waals surface area contributed by atoms with E-state index < -0.39 is 5.92 Å². The van der Waals surface area contributed by atoms with Gasteiger partial charge in [-0.05, 0) is 35.7 Å². The van der Waals surface area contributed by atoms with Crippen molar-refractivity contribution < 1.29 is 14.0 Å². The first-order chi connectivity index (χ1) is 13.0. The highest BCUT2D eigenvalue weighted by Gasteiger charge is 2.37. The second-order valence-electron chi connectivity index (χ2n) is 6.78. The Morgan fingerprint density at radius 2 is 1.74 bits per heavy atom. The van der Waals surface area contributed by atoms with Crippen LogP contribution in [0.5, 0.6) is 0 Å². The molecule has 4 rings (SSSR count). The van der Waals surface area contributed by atoms with E-state index in [1.165, 1.54) is 17.0 Å². The maximum atomic E-state index is 13.1. The Labute approximate surface area is 156 Å². The molecule has 0 bridgehead atoms. The monoisotopic (exact) mass is 362 g/mol. The number of rotatable bonds is 3. The number of fused-ring (bicyclic) bond motifs is 1. The zero-order valence-corrected chi connectivity index (χ0v) is 14.9. The highest BCUT2D eigenvalue weighted by molar-refractivity contribution is 6.08. The topological polar surface area (TPSA) is 40.6 Å². The molecular weight excluding hydrogens is 343 g/mol. The molecule has 1 aliphatic rings. The zero-order chi connectivity index (χ0) is 19.0. The van der Waals surface area contributed by atoms with Crippen LogP contribution in [0.1, 0.15) is 6.42 Å². The standard InChI is InChI=1S/C22H19FN2O2/c1-24(18-11-9-17(23)10-12-18)22(27)16-13-21(26)25(14-16)20-8-4-6-15-5-2-3-7-19(15)20/h2-12,16H,13-14H2,1H3/t16-/m0/s1. The summed E-state index contributed by atoms with van der Waals surface area (Å²) < 4.78 is 13.1. The van der Waals surface area contributed by atoms with E-state index in [-0.39, 0.29) is 24.1 Å². The van der Waals surface area contributed by atoms with Crippen molar-refractivity contribution >= 4 is 34.0 Å². The maximum Gasteiger partial charge on any atom is 0.232 e. The van der Waals surface area contributed by atoms with Crippen molar-refractivity contribution in [1.82, 2.24) is 0 Å². The summed E-state index contributed by atoms with van der Waals surface area (Å²) in [7, 11) is 1.65. The number of amides is 2. The second kappa shape index (κ2) is 6.83. The predicted molar refractivity (Wildman–Crippen MR) is 104 cm³/mol.